The Bertz CT molecular complexity index is 802. The van der Waals surface area contributed by atoms with Crippen molar-refractivity contribution in [2.24, 2.45) is 0 Å². The van der Waals surface area contributed by atoms with E-state index in [0.29, 0.717) is 36.7 Å². The molecule has 1 amide bonds. The highest BCUT2D eigenvalue weighted by Crippen LogP contribution is 2.26. The number of methoxy groups -OCH3 is 1. The number of carbonyl (C=O) groups excluding carboxylic acids is 2. The highest BCUT2D eigenvalue weighted by molar-refractivity contribution is 5.94. The fourth-order valence-electron chi connectivity index (χ4n) is 3.37. The van der Waals surface area contributed by atoms with E-state index >= 15 is 0 Å². The van der Waals surface area contributed by atoms with Gasteiger partial charge in [0.15, 0.2) is 0 Å². The number of piperidine rings is 1. The fraction of sp³-hybridized carbons (Fsp3) is 0.333. The zero-order valence-corrected chi connectivity index (χ0v) is 15.5. The normalized spacial score (nSPS) is 14.6. The lowest BCUT2D eigenvalue weighted by Crippen LogP contribution is -2.39. The van der Waals surface area contributed by atoms with E-state index in [1.807, 2.05) is 21.7 Å². The van der Waals surface area contributed by atoms with Gasteiger partial charge in [0.05, 0.1) is 7.11 Å². The lowest BCUT2D eigenvalue weighted by Gasteiger charge is -2.33. The van der Waals surface area contributed by atoms with Crippen LogP contribution in [0.3, 0.4) is 0 Å². The van der Waals surface area contributed by atoms with Crippen molar-refractivity contribution in [3.05, 3.63) is 66.5 Å². The Morgan fingerprint density at radius 3 is 2.52 bits per heavy atom. The van der Waals surface area contributed by atoms with Crippen molar-refractivity contribution >= 4 is 11.9 Å². The summed E-state index contributed by atoms with van der Waals surface area (Å²) < 4.78 is 12.2. The van der Waals surface area contributed by atoms with Gasteiger partial charge in [-0.3, -0.25) is 4.79 Å². The van der Waals surface area contributed by atoms with Crippen molar-refractivity contribution in [2.75, 3.05) is 26.8 Å². The van der Waals surface area contributed by atoms with Crippen molar-refractivity contribution < 1.29 is 19.1 Å². The molecule has 1 fully saturated rings. The first kappa shape index (κ1) is 18.8. The Labute approximate surface area is 159 Å². The van der Waals surface area contributed by atoms with Crippen LogP contribution in [0, 0.1) is 0 Å². The molecule has 142 valence electrons. The SMILES string of the molecule is C=CCOc1ccc(C(=O)N2CCC(n3cccc3C(=O)OC)CC2)cc1. The van der Waals surface area contributed by atoms with Gasteiger partial charge < -0.3 is 18.9 Å². The first-order valence-electron chi connectivity index (χ1n) is 9.02. The van der Waals surface area contributed by atoms with Crippen LogP contribution in [0.2, 0.25) is 0 Å². The molecule has 0 spiro atoms. The monoisotopic (exact) mass is 368 g/mol. The predicted molar refractivity (Wildman–Crippen MR) is 102 cm³/mol. The van der Waals surface area contributed by atoms with E-state index in [9.17, 15) is 9.59 Å². The highest BCUT2D eigenvalue weighted by atomic mass is 16.5. The first-order chi connectivity index (χ1) is 13.1. The second-order valence-corrected chi connectivity index (χ2v) is 6.44. The van der Waals surface area contributed by atoms with Crippen LogP contribution < -0.4 is 4.74 Å². The molecule has 0 unspecified atom stereocenters. The van der Waals surface area contributed by atoms with E-state index < -0.39 is 0 Å². The Hall–Kier alpha value is -3.02. The molecular weight excluding hydrogens is 344 g/mol. The summed E-state index contributed by atoms with van der Waals surface area (Å²) in [6.45, 7) is 5.35. The van der Waals surface area contributed by atoms with Crippen LogP contribution in [-0.4, -0.2) is 48.1 Å². The molecule has 1 aromatic heterocycles. The molecule has 1 aliphatic rings. The number of hydrogen-bond acceptors (Lipinski definition) is 4. The van der Waals surface area contributed by atoms with E-state index in [0.717, 1.165) is 12.8 Å². The number of hydrogen-bond donors (Lipinski definition) is 0. The van der Waals surface area contributed by atoms with Crippen molar-refractivity contribution in [3.63, 3.8) is 0 Å². The van der Waals surface area contributed by atoms with Crippen molar-refractivity contribution in [3.8, 4) is 5.75 Å². The predicted octanol–water partition coefficient (Wildman–Crippen LogP) is 3.32. The number of benzene rings is 1. The van der Waals surface area contributed by atoms with Gasteiger partial charge in [0.1, 0.15) is 18.1 Å². The minimum atomic E-state index is -0.336. The number of likely N-dealkylation sites (tertiary alicyclic amines) is 1. The molecule has 0 aliphatic carbocycles. The van der Waals surface area contributed by atoms with Gasteiger partial charge in [0.25, 0.3) is 5.91 Å². The molecule has 1 saturated heterocycles. The average molecular weight is 368 g/mol. The Balaban J connectivity index is 1.60. The topological polar surface area (TPSA) is 60.8 Å². The van der Waals surface area contributed by atoms with Crippen molar-refractivity contribution in [1.29, 1.82) is 0 Å². The Morgan fingerprint density at radius 2 is 1.89 bits per heavy atom. The van der Waals surface area contributed by atoms with E-state index in [-0.39, 0.29) is 17.9 Å². The standard InChI is InChI=1S/C21H24N2O4/c1-3-15-27-18-8-6-16(7-9-18)20(24)22-13-10-17(11-14-22)23-12-4-5-19(23)21(25)26-2/h3-9,12,17H,1,10-11,13-15H2,2H3. The number of esters is 1. The molecule has 0 N–H and O–H groups in total. The van der Waals surface area contributed by atoms with Gasteiger partial charge in [-0.1, -0.05) is 12.7 Å². The Kier molecular flexibility index (Phi) is 5.96. The first-order valence-corrected chi connectivity index (χ1v) is 9.02. The van der Waals surface area contributed by atoms with Crippen molar-refractivity contribution in [1.82, 2.24) is 9.47 Å². The summed E-state index contributed by atoms with van der Waals surface area (Å²) in [4.78, 5) is 26.5. The summed E-state index contributed by atoms with van der Waals surface area (Å²) in [7, 11) is 1.38. The van der Waals surface area contributed by atoms with Gasteiger partial charge in [-0.05, 0) is 49.2 Å². The van der Waals surface area contributed by atoms with Crippen LogP contribution in [0.5, 0.6) is 5.75 Å². The second-order valence-electron chi connectivity index (χ2n) is 6.44. The zero-order valence-electron chi connectivity index (χ0n) is 15.5. The number of amides is 1. The van der Waals surface area contributed by atoms with E-state index in [2.05, 4.69) is 6.58 Å². The van der Waals surface area contributed by atoms with Gasteiger partial charge in [-0.15, -0.1) is 0 Å². The summed E-state index contributed by atoms with van der Waals surface area (Å²) in [5, 5.41) is 0. The summed E-state index contributed by atoms with van der Waals surface area (Å²) in [5.41, 5.74) is 1.20. The van der Waals surface area contributed by atoms with Gasteiger partial charge in [0, 0.05) is 30.9 Å². The number of ether oxygens (including phenoxy) is 2. The summed E-state index contributed by atoms with van der Waals surface area (Å²) in [6.07, 6.45) is 5.17. The summed E-state index contributed by atoms with van der Waals surface area (Å²) in [5.74, 6) is 0.398. The fourth-order valence-corrected chi connectivity index (χ4v) is 3.37. The van der Waals surface area contributed by atoms with Gasteiger partial charge in [-0.2, -0.15) is 0 Å². The van der Waals surface area contributed by atoms with Crippen LogP contribution >= 0.6 is 0 Å². The maximum absolute atomic E-state index is 12.7. The molecule has 0 radical (unpaired) electrons. The molecule has 6 nitrogen and oxygen atoms in total. The summed E-state index contributed by atoms with van der Waals surface area (Å²) in [6, 6.07) is 11.0. The molecule has 27 heavy (non-hydrogen) atoms. The molecule has 0 bridgehead atoms. The third kappa shape index (κ3) is 4.22. The number of aromatic nitrogens is 1. The third-order valence-electron chi connectivity index (χ3n) is 4.79. The highest BCUT2D eigenvalue weighted by Gasteiger charge is 2.26. The number of carbonyl (C=O) groups is 2. The lowest BCUT2D eigenvalue weighted by molar-refractivity contribution is 0.0573. The van der Waals surface area contributed by atoms with Crippen molar-refractivity contribution in [2.45, 2.75) is 18.9 Å². The van der Waals surface area contributed by atoms with Crippen LogP contribution in [0.25, 0.3) is 0 Å². The molecule has 3 rings (SSSR count). The number of nitrogens with zero attached hydrogens (tertiary/aromatic N) is 2. The molecule has 6 heteroatoms. The molecule has 1 aliphatic heterocycles. The summed E-state index contributed by atoms with van der Waals surface area (Å²) >= 11 is 0. The van der Waals surface area contributed by atoms with Crippen LogP contribution in [0.4, 0.5) is 0 Å². The minimum absolute atomic E-state index is 0.0180. The maximum atomic E-state index is 12.7. The Morgan fingerprint density at radius 1 is 1.19 bits per heavy atom. The molecular formula is C21H24N2O4. The second kappa shape index (κ2) is 8.58. The van der Waals surface area contributed by atoms with Gasteiger partial charge >= 0.3 is 5.97 Å². The smallest absolute Gasteiger partial charge is 0.354 e. The quantitative estimate of drug-likeness (QED) is 0.580. The molecule has 2 aromatic rings. The van der Waals surface area contributed by atoms with Crippen LogP contribution in [0.15, 0.2) is 55.3 Å². The molecule has 0 saturated carbocycles. The zero-order chi connectivity index (χ0) is 19.2. The maximum Gasteiger partial charge on any atom is 0.354 e. The van der Waals surface area contributed by atoms with Gasteiger partial charge in [0.2, 0.25) is 0 Å². The lowest BCUT2D eigenvalue weighted by atomic mass is 10.0. The number of rotatable bonds is 6. The largest absolute Gasteiger partial charge is 0.490 e. The van der Waals surface area contributed by atoms with Gasteiger partial charge in [-0.25, -0.2) is 4.79 Å². The molecule has 2 heterocycles. The van der Waals surface area contributed by atoms with E-state index in [4.69, 9.17) is 9.47 Å². The van der Waals surface area contributed by atoms with Crippen LogP contribution in [0.1, 0.15) is 39.7 Å². The third-order valence-corrected chi connectivity index (χ3v) is 4.79. The average Bonchev–Trinajstić information content (AvgIpc) is 3.21. The molecule has 0 atom stereocenters. The van der Waals surface area contributed by atoms with E-state index in [1.54, 1.807) is 36.4 Å². The molecule has 1 aromatic carbocycles. The van der Waals surface area contributed by atoms with Crippen LogP contribution in [-0.2, 0) is 4.74 Å². The van der Waals surface area contributed by atoms with E-state index in [1.165, 1.54) is 7.11 Å². The minimum Gasteiger partial charge on any atom is -0.490 e.